The summed E-state index contributed by atoms with van der Waals surface area (Å²) in [6.07, 6.45) is 3.00. The lowest BCUT2D eigenvalue weighted by atomic mass is 10.2. The maximum absolute atomic E-state index is 11.8. The molecule has 2 aromatic rings. The van der Waals surface area contributed by atoms with Gasteiger partial charge in [0, 0.05) is 11.4 Å². The molecule has 1 amide bonds. The van der Waals surface area contributed by atoms with Crippen LogP contribution in [0.4, 0.5) is 0 Å². The number of thiophene rings is 1. The lowest BCUT2D eigenvalue weighted by Gasteiger charge is -2.03. The predicted octanol–water partition coefficient (Wildman–Crippen LogP) is 3.31. The van der Waals surface area contributed by atoms with Gasteiger partial charge in [-0.15, -0.1) is 16.4 Å². The normalized spacial score (nSPS) is 10.6. The minimum Gasteiger partial charge on any atom is -0.351 e. The van der Waals surface area contributed by atoms with Crippen LogP contribution < -0.4 is 5.32 Å². The highest BCUT2D eigenvalue weighted by Gasteiger charge is 2.11. The molecule has 0 aliphatic carbocycles. The van der Waals surface area contributed by atoms with Crippen LogP contribution in [0.25, 0.3) is 0 Å². The molecule has 0 aliphatic rings. The van der Waals surface area contributed by atoms with Gasteiger partial charge in [0.25, 0.3) is 5.91 Å². The molecule has 4 nitrogen and oxygen atoms in total. The number of hydrogen-bond donors (Lipinski definition) is 1. The molecule has 0 saturated heterocycles. The van der Waals surface area contributed by atoms with Gasteiger partial charge in [0.15, 0.2) is 0 Å². The summed E-state index contributed by atoms with van der Waals surface area (Å²) in [5.74, 6) is -0.0772. The molecule has 0 bridgehead atoms. The van der Waals surface area contributed by atoms with E-state index in [1.165, 1.54) is 4.88 Å². The number of aryl methyl sites for hydroxylation is 2. The van der Waals surface area contributed by atoms with Gasteiger partial charge in [-0.25, -0.2) is 0 Å². The number of aromatic nitrogens is 2. The Labute approximate surface area is 125 Å². The van der Waals surface area contributed by atoms with Crippen LogP contribution in [0.5, 0.6) is 0 Å². The second kappa shape index (κ2) is 6.98. The van der Waals surface area contributed by atoms with Crippen LogP contribution in [0.2, 0.25) is 4.34 Å². The van der Waals surface area contributed by atoms with E-state index in [1.807, 2.05) is 6.07 Å². The summed E-state index contributed by atoms with van der Waals surface area (Å²) in [4.78, 5) is 13.7. The summed E-state index contributed by atoms with van der Waals surface area (Å²) in [7, 11) is 0. The molecule has 2 aromatic heterocycles. The molecule has 19 heavy (non-hydrogen) atoms. The van der Waals surface area contributed by atoms with Gasteiger partial charge in [0.2, 0.25) is 0 Å². The van der Waals surface area contributed by atoms with Crippen molar-refractivity contribution in [2.45, 2.75) is 26.2 Å². The fourth-order valence-corrected chi connectivity index (χ4v) is 3.33. The molecule has 0 aromatic carbocycles. The van der Waals surface area contributed by atoms with Crippen molar-refractivity contribution < 1.29 is 4.79 Å². The van der Waals surface area contributed by atoms with Gasteiger partial charge < -0.3 is 5.32 Å². The molecule has 0 fully saturated rings. The van der Waals surface area contributed by atoms with Crippen LogP contribution in [0, 0.1) is 6.92 Å². The Morgan fingerprint density at radius 2 is 2.26 bits per heavy atom. The first kappa shape index (κ1) is 14.4. The summed E-state index contributed by atoms with van der Waals surface area (Å²) in [5, 5.41) is 6.71. The second-order valence-corrected chi connectivity index (χ2v) is 6.66. The standard InChI is InChI=1S/C12H14ClN3OS2/c1-8-11(19-16-15-8)12(17)14-7-3-2-4-9-5-6-10(13)18-9/h5-6H,2-4,7H2,1H3,(H,14,17). The van der Waals surface area contributed by atoms with Crippen LogP contribution >= 0.6 is 34.5 Å². The van der Waals surface area contributed by atoms with Crippen LogP contribution in [0.3, 0.4) is 0 Å². The average molecular weight is 316 g/mol. The lowest BCUT2D eigenvalue weighted by molar-refractivity contribution is 0.0956. The van der Waals surface area contributed by atoms with Gasteiger partial charge in [0.1, 0.15) is 4.88 Å². The van der Waals surface area contributed by atoms with E-state index < -0.39 is 0 Å². The Kier molecular flexibility index (Phi) is 5.30. The van der Waals surface area contributed by atoms with Crippen molar-refractivity contribution >= 4 is 40.4 Å². The largest absolute Gasteiger partial charge is 0.351 e. The van der Waals surface area contributed by atoms with Crippen molar-refractivity contribution in [1.82, 2.24) is 14.9 Å². The second-order valence-electron chi connectivity index (χ2n) is 4.11. The summed E-state index contributed by atoms with van der Waals surface area (Å²) >= 11 is 8.61. The van der Waals surface area contributed by atoms with E-state index >= 15 is 0 Å². The van der Waals surface area contributed by atoms with Crippen molar-refractivity contribution in [3.05, 3.63) is 31.9 Å². The first-order chi connectivity index (χ1) is 9.16. The van der Waals surface area contributed by atoms with Gasteiger partial charge in [0.05, 0.1) is 10.0 Å². The third-order valence-corrected chi connectivity index (χ3v) is 4.74. The van der Waals surface area contributed by atoms with Crippen molar-refractivity contribution in [2.75, 3.05) is 6.54 Å². The van der Waals surface area contributed by atoms with Crippen LogP contribution in [0.15, 0.2) is 12.1 Å². The first-order valence-electron chi connectivity index (χ1n) is 5.98. The van der Waals surface area contributed by atoms with Gasteiger partial charge in [-0.2, -0.15) is 0 Å². The third kappa shape index (κ3) is 4.26. The number of hydrogen-bond acceptors (Lipinski definition) is 5. The predicted molar refractivity (Wildman–Crippen MR) is 79.2 cm³/mol. The number of carbonyl (C=O) groups excluding carboxylic acids is 1. The van der Waals surface area contributed by atoms with E-state index in [0.29, 0.717) is 17.1 Å². The zero-order valence-electron chi connectivity index (χ0n) is 10.5. The highest BCUT2D eigenvalue weighted by atomic mass is 35.5. The third-order valence-electron chi connectivity index (χ3n) is 2.62. The molecule has 0 aliphatic heterocycles. The molecule has 2 rings (SSSR count). The van der Waals surface area contributed by atoms with Crippen molar-refractivity contribution in [3.8, 4) is 0 Å². The van der Waals surface area contributed by atoms with Crippen LogP contribution in [-0.2, 0) is 6.42 Å². The summed E-state index contributed by atoms with van der Waals surface area (Å²) in [5.41, 5.74) is 0.690. The molecule has 0 saturated carbocycles. The Morgan fingerprint density at radius 3 is 2.89 bits per heavy atom. The molecule has 0 radical (unpaired) electrons. The topological polar surface area (TPSA) is 54.9 Å². The number of amides is 1. The van der Waals surface area contributed by atoms with E-state index in [2.05, 4.69) is 21.0 Å². The zero-order valence-corrected chi connectivity index (χ0v) is 12.9. The molecule has 1 N–H and O–H groups in total. The summed E-state index contributed by atoms with van der Waals surface area (Å²) < 4.78 is 4.58. The Morgan fingerprint density at radius 1 is 1.42 bits per heavy atom. The average Bonchev–Trinajstić information content (AvgIpc) is 2.97. The highest BCUT2D eigenvalue weighted by Crippen LogP contribution is 2.22. The lowest BCUT2D eigenvalue weighted by Crippen LogP contribution is -2.24. The zero-order chi connectivity index (χ0) is 13.7. The molecule has 7 heteroatoms. The number of nitrogens with zero attached hydrogens (tertiary/aromatic N) is 2. The SMILES string of the molecule is Cc1nnsc1C(=O)NCCCCc1ccc(Cl)s1. The number of nitrogens with one attached hydrogen (secondary N) is 1. The highest BCUT2D eigenvalue weighted by molar-refractivity contribution is 7.16. The molecule has 0 atom stereocenters. The number of carbonyl (C=O) groups is 1. The van der Waals surface area contributed by atoms with E-state index in [-0.39, 0.29) is 5.91 Å². The molecular weight excluding hydrogens is 302 g/mol. The van der Waals surface area contributed by atoms with Crippen LogP contribution in [-0.4, -0.2) is 22.0 Å². The van der Waals surface area contributed by atoms with Crippen molar-refractivity contribution in [1.29, 1.82) is 0 Å². The van der Waals surface area contributed by atoms with Gasteiger partial charge in [-0.05, 0) is 49.9 Å². The number of halogens is 1. The minimum atomic E-state index is -0.0772. The van der Waals surface area contributed by atoms with Crippen LogP contribution in [0.1, 0.15) is 33.1 Å². The van der Waals surface area contributed by atoms with E-state index in [4.69, 9.17) is 11.6 Å². The number of rotatable bonds is 6. The van der Waals surface area contributed by atoms with Crippen molar-refractivity contribution in [2.24, 2.45) is 0 Å². The molecule has 2 heterocycles. The quantitative estimate of drug-likeness (QED) is 0.832. The smallest absolute Gasteiger partial charge is 0.264 e. The summed E-state index contributed by atoms with van der Waals surface area (Å²) in [6.45, 7) is 2.47. The van der Waals surface area contributed by atoms with Gasteiger partial charge >= 0.3 is 0 Å². The Bertz CT molecular complexity index is 553. The van der Waals surface area contributed by atoms with E-state index in [9.17, 15) is 4.79 Å². The molecular formula is C12H14ClN3OS2. The van der Waals surface area contributed by atoms with Gasteiger partial charge in [-0.3, -0.25) is 4.79 Å². The maximum atomic E-state index is 11.8. The molecule has 0 spiro atoms. The minimum absolute atomic E-state index is 0.0772. The van der Waals surface area contributed by atoms with E-state index in [1.54, 1.807) is 18.3 Å². The maximum Gasteiger partial charge on any atom is 0.264 e. The van der Waals surface area contributed by atoms with Gasteiger partial charge in [-0.1, -0.05) is 16.1 Å². The first-order valence-corrected chi connectivity index (χ1v) is 7.95. The van der Waals surface area contributed by atoms with E-state index in [0.717, 1.165) is 35.1 Å². The fourth-order valence-electron chi connectivity index (χ4n) is 1.63. The monoisotopic (exact) mass is 315 g/mol. The Hall–Kier alpha value is -0.980. The fraction of sp³-hybridized carbons (Fsp3) is 0.417. The Balaban J connectivity index is 1.64. The number of unbranched alkanes of at least 4 members (excludes halogenated alkanes) is 1. The molecule has 0 unspecified atom stereocenters. The van der Waals surface area contributed by atoms with Crippen molar-refractivity contribution in [3.63, 3.8) is 0 Å². The summed E-state index contributed by atoms with van der Waals surface area (Å²) in [6, 6.07) is 3.97. The molecule has 102 valence electrons.